The first-order chi connectivity index (χ1) is 16.7. The van der Waals surface area contributed by atoms with Crippen molar-refractivity contribution in [3.05, 3.63) is 60.2 Å². The lowest BCUT2D eigenvalue weighted by molar-refractivity contribution is -0.116. The fraction of sp³-hybridized carbons (Fsp3) is 0.500. The predicted octanol–water partition coefficient (Wildman–Crippen LogP) is 5.21. The highest BCUT2D eigenvalue weighted by Crippen LogP contribution is 2.44. The summed E-state index contributed by atoms with van der Waals surface area (Å²) in [5, 5.41) is 3.03. The molecule has 1 saturated heterocycles. The quantitative estimate of drug-likeness (QED) is 0.496. The Hall–Kier alpha value is -2.70. The van der Waals surface area contributed by atoms with E-state index in [0.29, 0.717) is 25.0 Å². The third kappa shape index (κ3) is 4.49. The number of aromatic nitrogens is 2. The Labute approximate surface area is 202 Å². The molecular weight excluding hydrogens is 422 g/mol. The molecule has 2 fully saturated rings. The molecule has 6 heteroatoms. The van der Waals surface area contributed by atoms with Gasteiger partial charge in [-0.3, -0.25) is 15.0 Å². The number of nitrogens with zero attached hydrogens (tertiary/aromatic N) is 3. The second-order valence-corrected chi connectivity index (χ2v) is 9.91. The van der Waals surface area contributed by atoms with E-state index in [9.17, 15) is 4.79 Å². The normalized spacial score (nSPS) is 19.7. The number of anilines is 1. The Balaban J connectivity index is 1.41. The zero-order valence-electron chi connectivity index (χ0n) is 20.1. The van der Waals surface area contributed by atoms with Gasteiger partial charge in [0.05, 0.1) is 11.0 Å². The van der Waals surface area contributed by atoms with Gasteiger partial charge >= 0.3 is 0 Å². The smallest absolute Gasteiger partial charge is 0.227 e. The van der Waals surface area contributed by atoms with E-state index in [2.05, 4.69) is 57.2 Å². The molecule has 2 aromatic carbocycles. The lowest BCUT2D eigenvalue weighted by Crippen LogP contribution is -2.50. The molecule has 3 aromatic rings. The molecule has 0 bridgehead atoms. The van der Waals surface area contributed by atoms with Crippen LogP contribution in [0.5, 0.6) is 0 Å². The second-order valence-electron chi connectivity index (χ2n) is 9.91. The van der Waals surface area contributed by atoms with Crippen molar-refractivity contribution < 1.29 is 4.79 Å². The number of nitrogens with two attached hydrogens (primary N) is 1. The molecule has 0 radical (unpaired) electrons. The highest BCUT2D eigenvalue weighted by atomic mass is 16.1. The van der Waals surface area contributed by atoms with Gasteiger partial charge in [-0.25, -0.2) is 4.98 Å². The first-order valence-corrected chi connectivity index (χ1v) is 13.0. The first kappa shape index (κ1) is 23.1. The molecule has 180 valence electrons. The van der Waals surface area contributed by atoms with Crippen molar-refractivity contribution in [3.8, 4) is 0 Å². The summed E-state index contributed by atoms with van der Waals surface area (Å²) in [5.41, 5.74) is 9.26. The van der Waals surface area contributed by atoms with E-state index in [1.54, 1.807) is 0 Å². The molecule has 1 aromatic heterocycles. The molecule has 0 spiro atoms. The summed E-state index contributed by atoms with van der Waals surface area (Å²) >= 11 is 0. The van der Waals surface area contributed by atoms with Crippen molar-refractivity contribution in [2.75, 3.05) is 25.0 Å². The van der Waals surface area contributed by atoms with Gasteiger partial charge in [-0.15, -0.1) is 0 Å². The number of nitrogens with one attached hydrogen (secondary N) is 1. The van der Waals surface area contributed by atoms with Crippen LogP contribution >= 0.6 is 0 Å². The number of likely N-dealkylation sites (tertiary alicyclic amines) is 1. The number of piperidine rings is 1. The van der Waals surface area contributed by atoms with Gasteiger partial charge in [0, 0.05) is 37.6 Å². The molecule has 0 unspecified atom stereocenters. The maximum Gasteiger partial charge on any atom is 0.227 e. The van der Waals surface area contributed by atoms with E-state index in [1.807, 2.05) is 12.1 Å². The zero-order chi connectivity index (χ0) is 23.4. The molecule has 1 aliphatic heterocycles. The number of carbonyl (C=O) groups excluding carboxylic acids is 1. The van der Waals surface area contributed by atoms with Crippen molar-refractivity contribution in [3.63, 3.8) is 0 Å². The number of imidazole rings is 1. The van der Waals surface area contributed by atoms with Crippen LogP contribution in [0.25, 0.3) is 11.0 Å². The Morgan fingerprint density at radius 1 is 0.971 bits per heavy atom. The van der Waals surface area contributed by atoms with E-state index in [0.717, 1.165) is 37.0 Å². The van der Waals surface area contributed by atoms with Gasteiger partial charge in [-0.1, -0.05) is 68.1 Å². The SMILES string of the molecule is NCCC(=O)Nc1nc2ccccc2n1C1CCN(C2(c3ccccc3)CCCCCC2)CC1. The van der Waals surface area contributed by atoms with Gasteiger partial charge in [-0.05, 0) is 43.4 Å². The summed E-state index contributed by atoms with van der Waals surface area (Å²) in [5.74, 6) is 0.586. The molecule has 0 atom stereocenters. The van der Waals surface area contributed by atoms with Crippen molar-refractivity contribution >= 4 is 22.9 Å². The van der Waals surface area contributed by atoms with E-state index < -0.39 is 0 Å². The number of amides is 1. The third-order valence-electron chi connectivity index (χ3n) is 7.90. The van der Waals surface area contributed by atoms with Crippen LogP contribution in [-0.4, -0.2) is 40.0 Å². The fourth-order valence-corrected chi connectivity index (χ4v) is 6.22. The lowest BCUT2D eigenvalue weighted by atomic mass is 9.79. The molecule has 2 aliphatic rings. The Morgan fingerprint density at radius 3 is 2.35 bits per heavy atom. The average molecular weight is 460 g/mol. The van der Waals surface area contributed by atoms with Crippen LogP contribution in [0, 0.1) is 0 Å². The van der Waals surface area contributed by atoms with Gasteiger partial charge in [0.2, 0.25) is 11.9 Å². The Morgan fingerprint density at radius 2 is 1.65 bits per heavy atom. The summed E-state index contributed by atoms with van der Waals surface area (Å²) in [6.07, 6.45) is 10.2. The predicted molar refractivity (Wildman–Crippen MR) is 138 cm³/mol. The number of benzene rings is 2. The van der Waals surface area contributed by atoms with Crippen molar-refractivity contribution in [2.45, 2.75) is 69.4 Å². The molecule has 34 heavy (non-hydrogen) atoms. The van der Waals surface area contributed by atoms with Crippen LogP contribution in [0.4, 0.5) is 5.95 Å². The zero-order valence-corrected chi connectivity index (χ0v) is 20.1. The Kier molecular flexibility index (Phi) is 6.97. The van der Waals surface area contributed by atoms with Crippen LogP contribution < -0.4 is 11.1 Å². The van der Waals surface area contributed by atoms with Gasteiger partial charge in [0.1, 0.15) is 0 Å². The number of hydrogen-bond donors (Lipinski definition) is 2. The minimum atomic E-state index is -0.0713. The van der Waals surface area contributed by atoms with Crippen LogP contribution in [-0.2, 0) is 10.3 Å². The van der Waals surface area contributed by atoms with Crippen LogP contribution in [0.2, 0.25) is 0 Å². The maximum absolute atomic E-state index is 12.4. The number of rotatable bonds is 6. The standard InChI is InChI=1S/C28H37N5O/c29-19-14-26(34)31-27-30-24-12-6-7-13-25(24)33(27)23-15-20-32(21-16-23)28(17-8-1-2-9-18-28)22-10-4-3-5-11-22/h3-7,10-13,23H,1-2,8-9,14-21,29H2,(H,30,31,34). The van der Waals surface area contributed by atoms with Gasteiger partial charge in [0.15, 0.2) is 0 Å². The van der Waals surface area contributed by atoms with Crippen molar-refractivity contribution in [1.29, 1.82) is 0 Å². The van der Waals surface area contributed by atoms with Crippen LogP contribution in [0.1, 0.15) is 69.4 Å². The molecule has 1 aliphatic carbocycles. The summed E-state index contributed by atoms with van der Waals surface area (Å²) in [7, 11) is 0. The summed E-state index contributed by atoms with van der Waals surface area (Å²) in [6, 6.07) is 19.7. The maximum atomic E-state index is 12.4. The number of para-hydroxylation sites is 2. The van der Waals surface area contributed by atoms with Gasteiger partial charge in [-0.2, -0.15) is 0 Å². The van der Waals surface area contributed by atoms with Crippen molar-refractivity contribution in [2.24, 2.45) is 5.73 Å². The fourth-order valence-electron chi connectivity index (χ4n) is 6.22. The lowest BCUT2D eigenvalue weighted by Gasteiger charge is -2.48. The molecular formula is C28H37N5O. The number of hydrogen-bond acceptors (Lipinski definition) is 4. The average Bonchev–Trinajstić information content (AvgIpc) is 3.04. The second kappa shape index (κ2) is 10.3. The van der Waals surface area contributed by atoms with E-state index in [4.69, 9.17) is 10.7 Å². The van der Waals surface area contributed by atoms with Crippen LogP contribution in [0.3, 0.4) is 0 Å². The van der Waals surface area contributed by atoms with Crippen molar-refractivity contribution in [1.82, 2.24) is 14.5 Å². The topological polar surface area (TPSA) is 76.2 Å². The molecule has 5 rings (SSSR count). The molecule has 1 amide bonds. The highest BCUT2D eigenvalue weighted by molar-refractivity contribution is 5.91. The summed E-state index contributed by atoms with van der Waals surface area (Å²) in [4.78, 5) is 19.9. The summed E-state index contributed by atoms with van der Waals surface area (Å²) in [6.45, 7) is 2.45. The molecule has 2 heterocycles. The highest BCUT2D eigenvalue weighted by Gasteiger charge is 2.40. The third-order valence-corrected chi connectivity index (χ3v) is 7.90. The van der Waals surface area contributed by atoms with E-state index in [1.165, 1.54) is 44.1 Å². The van der Waals surface area contributed by atoms with E-state index in [-0.39, 0.29) is 11.4 Å². The largest absolute Gasteiger partial charge is 0.330 e. The summed E-state index contributed by atoms with van der Waals surface area (Å²) < 4.78 is 2.27. The Bertz CT molecular complexity index is 1090. The molecule has 3 N–H and O–H groups in total. The monoisotopic (exact) mass is 459 g/mol. The first-order valence-electron chi connectivity index (χ1n) is 13.0. The molecule has 6 nitrogen and oxygen atoms in total. The van der Waals surface area contributed by atoms with Gasteiger partial charge in [0.25, 0.3) is 0 Å². The van der Waals surface area contributed by atoms with E-state index >= 15 is 0 Å². The van der Waals surface area contributed by atoms with Crippen LogP contribution in [0.15, 0.2) is 54.6 Å². The van der Waals surface area contributed by atoms with Gasteiger partial charge < -0.3 is 10.3 Å². The minimum absolute atomic E-state index is 0.0713. The molecule has 1 saturated carbocycles. The number of fused-ring (bicyclic) bond motifs is 1. The minimum Gasteiger partial charge on any atom is -0.330 e. The number of carbonyl (C=O) groups is 1.